The van der Waals surface area contributed by atoms with E-state index >= 15 is 0 Å². The van der Waals surface area contributed by atoms with E-state index in [0.717, 1.165) is 49.3 Å². The largest absolute Gasteiger partial charge is 0.338 e. The van der Waals surface area contributed by atoms with Crippen molar-refractivity contribution in [2.75, 3.05) is 26.2 Å². The Morgan fingerprint density at radius 2 is 1.72 bits per heavy atom. The first-order valence-electron chi connectivity index (χ1n) is 11.2. The lowest BCUT2D eigenvalue weighted by molar-refractivity contribution is 0.0788. The predicted molar refractivity (Wildman–Crippen MR) is 123 cm³/mol. The fourth-order valence-electron chi connectivity index (χ4n) is 4.92. The van der Waals surface area contributed by atoms with Gasteiger partial charge in [-0.3, -0.25) is 4.79 Å². The van der Waals surface area contributed by atoms with E-state index in [1.165, 1.54) is 12.1 Å². The van der Waals surface area contributed by atoms with E-state index in [0.29, 0.717) is 23.7 Å². The third-order valence-electron chi connectivity index (χ3n) is 6.65. The highest BCUT2D eigenvalue weighted by atomic mass is 35.5. The van der Waals surface area contributed by atoms with Gasteiger partial charge in [0.2, 0.25) is 0 Å². The molecule has 0 bridgehead atoms. The Kier molecular flexibility index (Phi) is 5.98. The van der Waals surface area contributed by atoms with Crippen molar-refractivity contribution >= 4 is 17.5 Å². The molecule has 0 aliphatic carbocycles. The van der Waals surface area contributed by atoms with Gasteiger partial charge in [-0.25, -0.2) is 9.07 Å². The molecule has 3 heterocycles. The van der Waals surface area contributed by atoms with Gasteiger partial charge >= 0.3 is 0 Å². The molecule has 32 heavy (non-hydrogen) atoms. The molecule has 2 aromatic carbocycles. The molecule has 0 spiro atoms. The number of hydrogen-bond donors (Lipinski definition) is 1. The minimum absolute atomic E-state index is 0.0309. The van der Waals surface area contributed by atoms with Crippen LogP contribution in [0.15, 0.2) is 54.7 Å². The van der Waals surface area contributed by atoms with Gasteiger partial charge in [-0.05, 0) is 74.3 Å². The fourth-order valence-corrected chi connectivity index (χ4v) is 5.05. The number of carbonyl (C=O) groups excluding carboxylic acids is 1. The van der Waals surface area contributed by atoms with Crippen LogP contribution >= 0.6 is 11.6 Å². The van der Waals surface area contributed by atoms with Crippen LogP contribution < -0.4 is 5.32 Å². The van der Waals surface area contributed by atoms with Gasteiger partial charge in [0.05, 0.1) is 23.1 Å². The monoisotopic (exact) mass is 452 g/mol. The van der Waals surface area contributed by atoms with Crippen molar-refractivity contribution in [3.8, 4) is 5.69 Å². The average Bonchev–Trinajstić information content (AvgIpc) is 3.48. The first-order chi connectivity index (χ1) is 15.6. The highest BCUT2D eigenvalue weighted by Crippen LogP contribution is 2.33. The molecule has 0 radical (unpaired) electrons. The van der Waals surface area contributed by atoms with Crippen LogP contribution in [0.5, 0.6) is 0 Å². The Morgan fingerprint density at radius 3 is 2.44 bits per heavy atom. The van der Waals surface area contributed by atoms with Crippen molar-refractivity contribution < 1.29 is 9.18 Å². The number of aromatic nitrogens is 2. The van der Waals surface area contributed by atoms with E-state index in [9.17, 15) is 9.18 Å². The number of benzene rings is 2. The maximum atomic E-state index is 13.6. The third-order valence-corrected chi connectivity index (χ3v) is 6.90. The van der Waals surface area contributed by atoms with Crippen molar-refractivity contribution in [1.29, 1.82) is 0 Å². The lowest BCUT2D eigenvalue weighted by atomic mass is 9.91. The van der Waals surface area contributed by atoms with E-state index in [1.807, 2.05) is 46.0 Å². The molecule has 1 unspecified atom stereocenters. The number of piperidine rings is 1. The second kappa shape index (κ2) is 9.04. The van der Waals surface area contributed by atoms with Crippen LogP contribution in [0, 0.1) is 5.82 Å². The Morgan fingerprint density at radius 1 is 1.00 bits per heavy atom. The van der Waals surface area contributed by atoms with Crippen LogP contribution in [0.25, 0.3) is 5.69 Å². The Balaban J connectivity index is 1.44. The minimum atomic E-state index is -0.235. The first kappa shape index (κ1) is 21.2. The number of carbonyl (C=O) groups is 1. The molecule has 3 aromatic rings. The van der Waals surface area contributed by atoms with Crippen LogP contribution in [-0.4, -0.2) is 46.8 Å². The van der Waals surface area contributed by atoms with Gasteiger partial charge in [0, 0.05) is 29.9 Å². The number of likely N-dealkylation sites (tertiary alicyclic amines) is 1. The van der Waals surface area contributed by atoms with Crippen LogP contribution in [0.4, 0.5) is 4.39 Å². The van der Waals surface area contributed by atoms with E-state index in [-0.39, 0.29) is 23.6 Å². The standard InChI is InChI=1S/C25H26ClFN4O/c26-20-3-7-22(8-4-20)31-24(18-9-12-28-13-10-18)23(15-29-31)25(32)30-14-11-19(16-30)17-1-5-21(27)6-2-17/h1-8,15,18-19,28H,9-14,16H2. The highest BCUT2D eigenvalue weighted by molar-refractivity contribution is 6.30. The zero-order valence-electron chi connectivity index (χ0n) is 17.8. The van der Waals surface area contributed by atoms with Gasteiger partial charge < -0.3 is 10.2 Å². The Labute approximate surface area is 192 Å². The molecule has 5 rings (SSSR count). The predicted octanol–water partition coefficient (Wildman–Crippen LogP) is 4.76. The maximum Gasteiger partial charge on any atom is 0.257 e. The SMILES string of the molecule is O=C(c1cnn(-c2ccc(Cl)cc2)c1C1CCNCC1)N1CCC(c2ccc(F)cc2)C1. The van der Waals surface area contributed by atoms with Crippen LogP contribution in [0.1, 0.15) is 52.7 Å². The van der Waals surface area contributed by atoms with Crippen molar-refractivity contribution in [1.82, 2.24) is 20.0 Å². The summed E-state index contributed by atoms with van der Waals surface area (Å²) >= 11 is 6.08. The normalized spacial score (nSPS) is 19.4. The molecule has 0 saturated carbocycles. The molecule has 2 aliphatic heterocycles. The molecule has 5 nitrogen and oxygen atoms in total. The number of nitrogens with one attached hydrogen (secondary N) is 1. The molecule has 7 heteroatoms. The van der Waals surface area contributed by atoms with Gasteiger partial charge in [-0.1, -0.05) is 23.7 Å². The second-order valence-corrected chi connectivity index (χ2v) is 9.08. The summed E-state index contributed by atoms with van der Waals surface area (Å²) in [5.41, 5.74) is 3.67. The van der Waals surface area contributed by atoms with Crippen molar-refractivity contribution in [2.24, 2.45) is 0 Å². The minimum Gasteiger partial charge on any atom is -0.338 e. The maximum absolute atomic E-state index is 13.6. The zero-order valence-corrected chi connectivity index (χ0v) is 18.6. The van der Waals surface area contributed by atoms with Gasteiger partial charge in [-0.15, -0.1) is 0 Å². The summed E-state index contributed by atoms with van der Waals surface area (Å²) in [5.74, 6) is 0.293. The molecular weight excluding hydrogens is 427 g/mol. The van der Waals surface area contributed by atoms with Crippen LogP contribution in [0.2, 0.25) is 5.02 Å². The summed E-state index contributed by atoms with van der Waals surface area (Å²) in [7, 11) is 0. The number of halogens is 2. The molecule has 2 aliphatic rings. The van der Waals surface area contributed by atoms with Crippen molar-refractivity contribution in [2.45, 2.75) is 31.1 Å². The molecule has 2 saturated heterocycles. The average molecular weight is 453 g/mol. The van der Waals surface area contributed by atoms with E-state index in [2.05, 4.69) is 10.4 Å². The van der Waals surface area contributed by atoms with Gasteiger partial charge in [0.15, 0.2) is 0 Å². The first-order valence-corrected chi connectivity index (χ1v) is 11.6. The lowest BCUT2D eigenvalue weighted by Crippen LogP contribution is -2.32. The third kappa shape index (κ3) is 4.17. The number of hydrogen-bond acceptors (Lipinski definition) is 3. The number of rotatable bonds is 4. The number of amides is 1. The summed E-state index contributed by atoms with van der Waals surface area (Å²) in [6.45, 7) is 3.20. The summed E-state index contributed by atoms with van der Waals surface area (Å²) < 4.78 is 15.2. The molecule has 1 atom stereocenters. The van der Waals surface area contributed by atoms with Gasteiger partial charge in [0.1, 0.15) is 5.82 Å². The smallest absolute Gasteiger partial charge is 0.257 e. The van der Waals surface area contributed by atoms with E-state index < -0.39 is 0 Å². The van der Waals surface area contributed by atoms with Crippen LogP contribution in [-0.2, 0) is 0 Å². The molecule has 1 aromatic heterocycles. The van der Waals surface area contributed by atoms with Gasteiger partial charge in [-0.2, -0.15) is 5.10 Å². The van der Waals surface area contributed by atoms with E-state index in [1.54, 1.807) is 6.20 Å². The lowest BCUT2D eigenvalue weighted by Gasteiger charge is -2.26. The summed E-state index contributed by atoms with van der Waals surface area (Å²) in [5, 5.41) is 8.71. The second-order valence-electron chi connectivity index (χ2n) is 8.64. The summed E-state index contributed by atoms with van der Waals surface area (Å²) in [4.78, 5) is 15.5. The highest BCUT2D eigenvalue weighted by Gasteiger charge is 2.33. The van der Waals surface area contributed by atoms with Crippen molar-refractivity contribution in [3.05, 3.63) is 82.4 Å². The molecular formula is C25H26ClFN4O. The Bertz CT molecular complexity index is 1090. The van der Waals surface area contributed by atoms with Crippen molar-refractivity contribution in [3.63, 3.8) is 0 Å². The molecule has 1 amide bonds. The Hall–Kier alpha value is -2.70. The number of nitrogens with zero attached hydrogens (tertiary/aromatic N) is 3. The topological polar surface area (TPSA) is 50.2 Å². The summed E-state index contributed by atoms with van der Waals surface area (Å²) in [6, 6.07) is 14.2. The van der Waals surface area contributed by atoms with E-state index in [4.69, 9.17) is 11.6 Å². The summed E-state index contributed by atoms with van der Waals surface area (Å²) in [6.07, 6.45) is 4.54. The quantitative estimate of drug-likeness (QED) is 0.620. The van der Waals surface area contributed by atoms with Gasteiger partial charge in [0.25, 0.3) is 5.91 Å². The zero-order chi connectivity index (χ0) is 22.1. The molecule has 1 N–H and O–H groups in total. The molecule has 2 fully saturated rings. The fraction of sp³-hybridized carbons (Fsp3) is 0.360. The molecule has 166 valence electrons. The van der Waals surface area contributed by atoms with Crippen LogP contribution in [0.3, 0.4) is 0 Å².